The molecule has 2 aromatic rings. The summed E-state index contributed by atoms with van der Waals surface area (Å²) in [4.78, 5) is 39.5. The number of aromatic nitrogens is 4. The Hall–Kier alpha value is -1.12. The van der Waals surface area contributed by atoms with Gasteiger partial charge in [0, 0.05) is 5.41 Å². The van der Waals surface area contributed by atoms with E-state index < -0.39 is 45.9 Å². The molecular weight excluding hydrogens is 464 g/mol. The van der Waals surface area contributed by atoms with E-state index in [1.807, 2.05) is 0 Å². The van der Waals surface area contributed by atoms with Crippen molar-refractivity contribution in [2.45, 2.75) is 36.8 Å². The zero-order valence-corrected chi connectivity index (χ0v) is 18.4. The van der Waals surface area contributed by atoms with E-state index in [9.17, 15) is 24.2 Å². The lowest BCUT2D eigenvalue weighted by Crippen LogP contribution is -2.37. The predicted molar refractivity (Wildman–Crippen MR) is 104 cm³/mol. The van der Waals surface area contributed by atoms with Gasteiger partial charge in [0.2, 0.25) is 0 Å². The van der Waals surface area contributed by atoms with Crippen molar-refractivity contribution < 1.29 is 42.9 Å². The molecule has 7 N–H and O–H groups in total. The Morgan fingerprint density at radius 3 is 2.60 bits per heavy atom. The number of thioether (sulfide) groups is 1. The Bertz CT molecular complexity index is 1050. The number of aliphatic hydroxyl groups is 2. The third kappa shape index (κ3) is 4.70. The van der Waals surface area contributed by atoms with Crippen molar-refractivity contribution in [3.05, 3.63) is 6.33 Å². The number of nitrogens with zero attached hydrogens (tertiary/aromatic N) is 4. The molecule has 5 atom stereocenters. The maximum Gasteiger partial charge on any atom is 0.481 e. The molecule has 0 aromatic carbocycles. The van der Waals surface area contributed by atoms with Gasteiger partial charge in [0.1, 0.15) is 11.6 Å². The Balaban J connectivity index is 1.86. The number of nitrogen functional groups attached to an aromatic ring is 1. The Morgan fingerprint density at radius 1 is 1.33 bits per heavy atom. The van der Waals surface area contributed by atoms with Gasteiger partial charge in [-0.2, -0.15) is 4.31 Å². The van der Waals surface area contributed by atoms with Gasteiger partial charge in [0.25, 0.3) is 0 Å². The van der Waals surface area contributed by atoms with Crippen LogP contribution in [0.15, 0.2) is 11.5 Å². The molecule has 1 aliphatic carbocycles. The minimum absolute atomic E-state index is 0.0508. The summed E-state index contributed by atoms with van der Waals surface area (Å²) in [6.07, 6.45) is 0.465. The lowest BCUT2D eigenvalue weighted by molar-refractivity contribution is -0.0397. The highest BCUT2D eigenvalue weighted by Crippen LogP contribution is 2.59. The molecule has 0 aliphatic heterocycles. The van der Waals surface area contributed by atoms with E-state index in [0.29, 0.717) is 16.3 Å². The number of rotatable bonds is 7. The van der Waals surface area contributed by atoms with Crippen molar-refractivity contribution in [1.82, 2.24) is 19.5 Å². The predicted octanol–water partition coefficient (Wildman–Crippen LogP) is 0.0296. The molecule has 0 saturated heterocycles. The van der Waals surface area contributed by atoms with Crippen LogP contribution >= 0.6 is 27.4 Å². The second-order valence-electron chi connectivity index (χ2n) is 7.09. The van der Waals surface area contributed by atoms with Crippen LogP contribution in [0.4, 0.5) is 5.82 Å². The molecular formula is C13H21N5O9P2S. The van der Waals surface area contributed by atoms with Gasteiger partial charge in [-0.1, -0.05) is 18.7 Å². The average Bonchev–Trinajstić information content (AvgIpc) is 3.14. The first kappa shape index (κ1) is 23.5. The lowest BCUT2D eigenvalue weighted by Gasteiger charge is -2.28. The zero-order chi connectivity index (χ0) is 22.5. The molecule has 1 saturated carbocycles. The summed E-state index contributed by atoms with van der Waals surface area (Å²) in [5.74, 6) is 0.151. The number of hydrogen-bond donors (Lipinski definition) is 6. The molecule has 17 heteroatoms. The summed E-state index contributed by atoms with van der Waals surface area (Å²) in [6, 6.07) is -0.747. The molecule has 168 valence electrons. The van der Waals surface area contributed by atoms with Crippen molar-refractivity contribution in [1.29, 1.82) is 0 Å². The van der Waals surface area contributed by atoms with Crippen molar-refractivity contribution in [2.24, 2.45) is 5.41 Å². The smallest absolute Gasteiger partial charge is 0.390 e. The molecule has 2 aromatic heterocycles. The molecule has 1 aliphatic rings. The van der Waals surface area contributed by atoms with Crippen LogP contribution in [0.25, 0.3) is 11.2 Å². The van der Waals surface area contributed by atoms with Crippen LogP contribution < -0.4 is 5.73 Å². The van der Waals surface area contributed by atoms with Crippen LogP contribution in [0.5, 0.6) is 0 Å². The number of phosphoric ester groups is 1. The van der Waals surface area contributed by atoms with E-state index in [2.05, 4.69) is 23.8 Å². The standard InChI is InChI=1S/C13H21N5O9P2S/c1-13(4-26-29(24,25)27-28(21,22)23)3-6(8(19)9(13)20)18-5-15-7-10(14)16-12(30-2)17-11(7)18/h5-6,8-9,19-20H,3-4H2,1-2H3,(H,24,25)(H2,14,16,17)(H2,21,22,23)/t6-,8+,9+,13-/m1/s1. The summed E-state index contributed by atoms with van der Waals surface area (Å²) in [6.45, 7) is 0.851. The van der Waals surface area contributed by atoms with Crippen LogP contribution in [0.1, 0.15) is 19.4 Å². The maximum atomic E-state index is 11.7. The highest BCUT2D eigenvalue weighted by Gasteiger charge is 2.52. The molecule has 0 bridgehead atoms. The van der Waals surface area contributed by atoms with E-state index in [4.69, 9.17) is 15.5 Å². The van der Waals surface area contributed by atoms with Crippen LogP contribution in [0, 0.1) is 5.41 Å². The summed E-state index contributed by atoms with van der Waals surface area (Å²) in [5.41, 5.74) is 5.28. The molecule has 0 radical (unpaired) electrons. The summed E-state index contributed by atoms with van der Waals surface area (Å²) in [5, 5.41) is 21.6. The van der Waals surface area contributed by atoms with E-state index in [0.717, 1.165) is 0 Å². The van der Waals surface area contributed by atoms with Crippen molar-refractivity contribution in [3.8, 4) is 0 Å². The van der Waals surface area contributed by atoms with Gasteiger partial charge in [-0.15, -0.1) is 0 Å². The van der Waals surface area contributed by atoms with Crippen LogP contribution in [0.3, 0.4) is 0 Å². The first-order valence-electron chi connectivity index (χ1n) is 8.41. The molecule has 0 amide bonds. The minimum Gasteiger partial charge on any atom is -0.390 e. The topological polar surface area (TPSA) is 223 Å². The molecule has 2 heterocycles. The van der Waals surface area contributed by atoms with Crippen LogP contribution in [-0.2, 0) is 18.0 Å². The average molecular weight is 485 g/mol. The van der Waals surface area contributed by atoms with Crippen molar-refractivity contribution in [3.63, 3.8) is 0 Å². The molecule has 30 heavy (non-hydrogen) atoms. The Morgan fingerprint density at radius 2 is 2.00 bits per heavy atom. The van der Waals surface area contributed by atoms with Gasteiger partial charge in [0.15, 0.2) is 16.6 Å². The van der Waals surface area contributed by atoms with E-state index in [-0.39, 0.29) is 12.2 Å². The highest BCUT2D eigenvalue weighted by molar-refractivity contribution is 7.98. The summed E-state index contributed by atoms with van der Waals surface area (Å²) in [7, 11) is -10.4. The SMILES string of the molecule is CSc1nc(N)c2ncn([C@@H]3C[C@](C)(COP(=O)(O)OP(=O)(O)O)[C@@H](O)[C@H]3O)c2n1. The second-order valence-corrected chi connectivity index (χ2v) is 10.7. The van der Waals surface area contributed by atoms with E-state index >= 15 is 0 Å². The molecule has 0 spiro atoms. The first-order chi connectivity index (χ1) is 13.8. The largest absolute Gasteiger partial charge is 0.481 e. The van der Waals surface area contributed by atoms with Gasteiger partial charge in [-0.05, 0) is 12.7 Å². The maximum absolute atomic E-state index is 11.7. The molecule has 1 fully saturated rings. The monoisotopic (exact) mass is 485 g/mol. The first-order valence-corrected chi connectivity index (χ1v) is 12.7. The number of fused-ring (bicyclic) bond motifs is 1. The normalized spacial score (nSPS) is 29.4. The molecule has 14 nitrogen and oxygen atoms in total. The highest BCUT2D eigenvalue weighted by atomic mass is 32.2. The third-order valence-electron chi connectivity index (χ3n) is 4.84. The molecule has 1 unspecified atom stereocenters. The van der Waals surface area contributed by atoms with E-state index in [1.54, 1.807) is 6.26 Å². The minimum atomic E-state index is -5.28. The van der Waals surface area contributed by atoms with Crippen molar-refractivity contribution in [2.75, 3.05) is 18.6 Å². The molecule has 3 rings (SSSR count). The van der Waals surface area contributed by atoms with E-state index in [1.165, 1.54) is 29.6 Å². The fourth-order valence-corrected chi connectivity index (χ4v) is 5.48. The summed E-state index contributed by atoms with van der Waals surface area (Å²) >= 11 is 1.26. The number of anilines is 1. The fraction of sp³-hybridized carbons (Fsp3) is 0.615. The third-order valence-corrected chi connectivity index (χ3v) is 7.52. The number of nitrogens with two attached hydrogens (primary N) is 1. The van der Waals surface area contributed by atoms with Gasteiger partial charge >= 0.3 is 15.6 Å². The van der Waals surface area contributed by atoms with Crippen molar-refractivity contribution >= 4 is 44.4 Å². The van der Waals surface area contributed by atoms with Crippen LogP contribution in [0.2, 0.25) is 0 Å². The quantitative estimate of drug-likeness (QED) is 0.173. The van der Waals surface area contributed by atoms with Crippen LogP contribution in [-0.4, -0.2) is 69.5 Å². The number of imidazole rings is 1. The Labute approximate surface area is 174 Å². The number of aliphatic hydroxyl groups excluding tert-OH is 2. The lowest BCUT2D eigenvalue weighted by atomic mass is 9.87. The zero-order valence-electron chi connectivity index (χ0n) is 15.8. The number of phosphoric acid groups is 2. The summed E-state index contributed by atoms with van der Waals surface area (Å²) < 4.78 is 32.5. The fourth-order valence-electron chi connectivity index (χ4n) is 3.39. The van der Waals surface area contributed by atoms with Gasteiger partial charge in [0.05, 0.1) is 25.1 Å². The van der Waals surface area contributed by atoms with Gasteiger partial charge in [-0.25, -0.2) is 24.1 Å². The Kier molecular flexibility index (Phi) is 6.35. The van der Waals surface area contributed by atoms with Gasteiger partial charge < -0.3 is 35.2 Å². The van der Waals surface area contributed by atoms with Gasteiger partial charge in [-0.3, -0.25) is 4.52 Å². The second kappa shape index (κ2) is 8.10. The number of hydrogen-bond acceptors (Lipinski definition) is 11.